The maximum Gasteiger partial charge on any atom is 0.259 e. The molecule has 1 aromatic carbocycles. The maximum absolute atomic E-state index is 13.1. The third-order valence-electron chi connectivity index (χ3n) is 4.61. The van der Waals surface area contributed by atoms with Crippen molar-refractivity contribution in [1.29, 1.82) is 0 Å². The van der Waals surface area contributed by atoms with Crippen LogP contribution in [0.15, 0.2) is 47.1 Å². The highest BCUT2D eigenvalue weighted by Crippen LogP contribution is 2.26. The van der Waals surface area contributed by atoms with Crippen LogP contribution in [0.1, 0.15) is 37.0 Å². The normalized spacial score (nSPS) is 16.7. The van der Waals surface area contributed by atoms with Crippen LogP contribution >= 0.6 is 15.9 Å². The van der Waals surface area contributed by atoms with Crippen molar-refractivity contribution in [3.63, 3.8) is 0 Å². The Hall–Kier alpha value is -2.41. The Morgan fingerprint density at radius 3 is 2.71 bits per heavy atom. The Labute approximate surface area is 173 Å². The molecule has 0 bridgehead atoms. The summed E-state index contributed by atoms with van der Waals surface area (Å²) < 4.78 is 6.79. The van der Waals surface area contributed by atoms with E-state index in [2.05, 4.69) is 26.2 Å². The Balaban J connectivity index is 1.73. The molecular formula is C21H24BrN3O3. The zero-order valence-corrected chi connectivity index (χ0v) is 17.6. The fourth-order valence-electron chi connectivity index (χ4n) is 3.07. The van der Waals surface area contributed by atoms with Crippen molar-refractivity contribution in [3.05, 3.63) is 52.6 Å². The van der Waals surface area contributed by atoms with E-state index in [0.29, 0.717) is 24.4 Å². The van der Waals surface area contributed by atoms with E-state index in [4.69, 9.17) is 4.74 Å². The highest BCUT2D eigenvalue weighted by molar-refractivity contribution is 9.10. The minimum absolute atomic E-state index is 0.0138. The van der Waals surface area contributed by atoms with Crippen LogP contribution in [0.4, 0.5) is 0 Å². The van der Waals surface area contributed by atoms with Crippen LogP contribution in [-0.4, -0.2) is 40.8 Å². The molecule has 0 radical (unpaired) electrons. The molecule has 7 heteroatoms. The topological polar surface area (TPSA) is 71.5 Å². The molecule has 1 saturated heterocycles. The van der Waals surface area contributed by atoms with Crippen LogP contribution < -0.4 is 10.1 Å². The van der Waals surface area contributed by atoms with E-state index in [0.717, 1.165) is 17.3 Å². The summed E-state index contributed by atoms with van der Waals surface area (Å²) >= 11 is 3.39. The molecule has 1 aliphatic rings. The monoisotopic (exact) mass is 445 g/mol. The zero-order chi connectivity index (χ0) is 20.1. The predicted octanol–water partition coefficient (Wildman–Crippen LogP) is 4.01. The molecule has 2 aromatic rings. The summed E-state index contributed by atoms with van der Waals surface area (Å²) in [4.78, 5) is 31.1. The first-order valence-electron chi connectivity index (χ1n) is 9.42. The number of amides is 2. The summed E-state index contributed by atoms with van der Waals surface area (Å²) in [6, 6.07) is 10.8. The Morgan fingerprint density at radius 2 is 2.00 bits per heavy atom. The van der Waals surface area contributed by atoms with E-state index in [1.54, 1.807) is 23.2 Å². The lowest BCUT2D eigenvalue weighted by molar-refractivity contribution is -0.125. The van der Waals surface area contributed by atoms with Gasteiger partial charge in [0.1, 0.15) is 11.3 Å². The summed E-state index contributed by atoms with van der Waals surface area (Å²) in [6.45, 7) is 4.87. The maximum atomic E-state index is 13.1. The molecule has 1 aliphatic heterocycles. The van der Waals surface area contributed by atoms with Crippen molar-refractivity contribution in [2.24, 2.45) is 5.92 Å². The number of halogens is 1. The summed E-state index contributed by atoms with van der Waals surface area (Å²) in [5.41, 5.74) is 0.418. The van der Waals surface area contributed by atoms with Crippen LogP contribution in [0.2, 0.25) is 0 Å². The third-order valence-corrected chi connectivity index (χ3v) is 5.14. The molecule has 1 fully saturated rings. The second-order valence-electron chi connectivity index (χ2n) is 7.17. The van der Waals surface area contributed by atoms with E-state index in [-0.39, 0.29) is 29.7 Å². The lowest BCUT2D eigenvalue weighted by Crippen LogP contribution is -2.50. The van der Waals surface area contributed by atoms with E-state index in [9.17, 15) is 9.59 Å². The lowest BCUT2D eigenvalue weighted by Gasteiger charge is -2.33. The van der Waals surface area contributed by atoms with Crippen molar-refractivity contribution in [3.8, 4) is 11.6 Å². The number of aromatic nitrogens is 1. The molecule has 2 heterocycles. The number of benzene rings is 1. The van der Waals surface area contributed by atoms with E-state index >= 15 is 0 Å². The Kier molecular flexibility index (Phi) is 6.67. The number of carbonyl (C=O) groups excluding carboxylic acids is 2. The zero-order valence-electron chi connectivity index (χ0n) is 16.0. The number of rotatable bonds is 5. The van der Waals surface area contributed by atoms with E-state index in [1.165, 1.54) is 0 Å². The number of hydrogen-bond acceptors (Lipinski definition) is 4. The van der Waals surface area contributed by atoms with E-state index in [1.807, 2.05) is 38.1 Å². The number of carbonyl (C=O) groups is 2. The number of ether oxygens (including phenoxy) is 1. The largest absolute Gasteiger partial charge is 0.438 e. The molecule has 1 atom stereocenters. The van der Waals surface area contributed by atoms with Crippen LogP contribution in [0.5, 0.6) is 11.6 Å². The first-order chi connectivity index (χ1) is 13.4. The van der Waals surface area contributed by atoms with Crippen molar-refractivity contribution in [2.45, 2.75) is 32.7 Å². The van der Waals surface area contributed by atoms with Gasteiger partial charge in [-0.1, -0.05) is 29.8 Å². The van der Waals surface area contributed by atoms with Crippen molar-refractivity contribution in [1.82, 2.24) is 15.2 Å². The molecule has 1 aromatic heterocycles. The summed E-state index contributed by atoms with van der Waals surface area (Å²) in [7, 11) is 0. The van der Waals surface area contributed by atoms with Gasteiger partial charge in [-0.05, 0) is 49.2 Å². The van der Waals surface area contributed by atoms with Gasteiger partial charge in [0.05, 0.1) is 0 Å². The van der Waals surface area contributed by atoms with Crippen LogP contribution in [0, 0.1) is 5.92 Å². The standard InChI is InChI=1S/C21H24BrN3O3/c1-14(2)19(26)24-16-5-4-12-25(13-16)21(27)18-6-3-11-23-20(18)28-17-9-7-15(22)8-10-17/h3,6-11,14,16H,4-5,12-13H2,1-2H3,(H,24,26). The average Bonchev–Trinajstić information content (AvgIpc) is 2.70. The number of piperidine rings is 1. The summed E-state index contributed by atoms with van der Waals surface area (Å²) in [5, 5.41) is 3.03. The van der Waals surface area contributed by atoms with Crippen molar-refractivity contribution < 1.29 is 14.3 Å². The predicted molar refractivity (Wildman–Crippen MR) is 110 cm³/mol. The molecule has 28 heavy (non-hydrogen) atoms. The van der Waals surface area contributed by atoms with Gasteiger partial charge in [-0.15, -0.1) is 0 Å². The average molecular weight is 446 g/mol. The Bertz CT molecular complexity index is 839. The van der Waals surface area contributed by atoms with Gasteiger partial charge in [-0.25, -0.2) is 4.98 Å². The molecular weight excluding hydrogens is 422 g/mol. The molecule has 148 valence electrons. The smallest absolute Gasteiger partial charge is 0.259 e. The fourth-order valence-corrected chi connectivity index (χ4v) is 3.33. The number of nitrogens with one attached hydrogen (secondary N) is 1. The Morgan fingerprint density at radius 1 is 1.25 bits per heavy atom. The number of likely N-dealkylation sites (tertiary alicyclic amines) is 1. The van der Waals surface area contributed by atoms with E-state index < -0.39 is 0 Å². The van der Waals surface area contributed by atoms with Gasteiger partial charge in [0.25, 0.3) is 5.91 Å². The molecule has 1 N–H and O–H groups in total. The fraction of sp³-hybridized carbons (Fsp3) is 0.381. The number of pyridine rings is 1. The van der Waals surface area contributed by atoms with Gasteiger partial charge >= 0.3 is 0 Å². The van der Waals surface area contributed by atoms with Crippen LogP contribution in [0.3, 0.4) is 0 Å². The van der Waals surface area contributed by atoms with Crippen molar-refractivity contribution >= 4 is 27.7 Å². The number of nitrogens with zero attached hydrogens (tertiary/aromatic N) is 2. The second kappa shape index (κ2) is 9.19. The molecule has 0 aliphatic carbocycles. The lowest BCUT2D eigenvalue weighted by atomic mass is 10.0. The molecule has 6 nitrogen and oxygen atoms in total. The highest BCUT2D eigenvalue weighted by atomic mass is 79.9. The van der Waals surface area contributed by atoms with Gasteiger partial charge in [-0.2, -0.15) is 0 Å². The third kappa shape index (κ3) is 5.10. The summed E-state index contributed by atoms with van der Waals surface area (Å²) in [5.74, 6) is 0.693. The van der Waals surface area contributed by atoms with Gasteiger partial charge in [0.15, 0.2) is 0 Å². The first-order valence-corrected chi connectivity index (χ1v) is 10.2. The number of hydrogen-bond donors (Lipinski definition) is 1. The molecule has 0 spiro atoms. The van der Waals surface area contributed by atoms with Gasteiger partial charge < -0.3 is 15.0 Å². The van der Waals surface area contributed by atoms with Crippen molar-refractivity contribution in [2.75, 3.05) is 13.1 Å². The van der Waals surface area contributed by atoms with Gasteiger partial charge in [0.2, 0.25) is 11.8 Å². The minimum Gasteiger partial charge on any atom is -0.438 e. The van der Waals surface area contributed by atoms with Crippen LogP contribution in [-0.2, 0) is 4.79 Å². The molecule has 1 unspecified atom stereocenters. The highest BCUT2D eigenvalue weighted by Gasteiger charge is 2.28. The quantitative estimate of drug-likeness (QED) is 0.754. The molecule has 3 rings (SSSR count). The molecule has 0 saturated carbocycles. The minimum atomic E-state index is -0.135. The first kappa shape index (κ1) is 20.3. The summed E-state index contributed by atoms with van der Waals surface area (Å²) in [6.07, 6.45) is 3.32. The second-order valence-corrected chi connectivity index (χ2v) is 8.08. The van der Waals surface area contributed by atoms with Gasteiger partial charge in [0, 0.05) is 35.7 Å². The molecule has 2 amide bonds. The van der Waals surface area contributed by atoms with Gasteiger partial charge in [-0.3, -0.25) is 9.59 Å². The van der Waals surface area contributed by atoms with Crippen LogP contribution in [0.25, 0.3) is 0 Å². The SMILES string of the molecule is CC(C)C(=O)NC1CCCN(C(=O)c2cccnc2Oc2ccc(Br)cc2)C1.